The highest BCUT2D eigenvalue weighted by molar-refractivity contribution is 7.80. The zero-order valence-corrected chi connectivity index (χ0v) is 23.3. The Kier molecular flexibility index (Phi) is 7.34. The van der Waals surface area contributed by atoms with Crippen LogP contribution in [0.5, 0.6) is 5.75 Å². The first-order chi connectivity index (χ1) is 18.8. The van der Waals surface area contributed by atoms with Gasteiger partial charge in [0.05, 0.1) is 36.8 Å². The maximum atomic E-state index is 12.7. The van der Waals surface area contributed by atoms with Crippen molar-refractivity contribution in [2.75, 3.05) is 17.3 Å². The molecule has 0 unspecified atom stereocenters. The van der Waals surface area contributed by atoms with Crippen molar-refractivity contribution in [3.63, 3.8) is 0 Å². The molecule has 0 radical (unpaired) electrons. The van der Waals surface area contributed by atoms with Gasteiger partial charge in [-0.05, 0) is 60.7 Å². The molecule has 0 spiro atoms. The quantitative estimate of drug-likeness (QED) is 0.300. The number of amides is 1. The Balaban J connectivity index is 1.56. The number of methoxy groups -OCH3 is 1. The van der Waals surface area contributed by atoms with Crippen LogP contribution in [0, 0.1) is 5.41 Å². The maximum Gasteiger partial charge on any atom is 0.229 e. The summed E-state index contributed by atoms with van der Waals surface area (Å²) in [6.45, 7) is 6.25. The molecular formula is C30H32N6O2S. The third-order valence-corrected chi connectivity index (χ3v) is 7.03. The summed E-state index contributed by atoms with van der Waals surface area (Å²) in [5.74, 6) is 0.462. The van der Waals surface area contributed by atoms with Crippen molar-refractivity contribution < 1.29 is 9.53 Å². The van der Waals surface area contributed by atoms with Crippen LogP contribution < -0.4 is 20.3 Å². The molecule has 1 saturated heterocycles. The summed E-state index contributed by atoms with van der Waals surface area (Å²) in [4.78, 5) is 23.9. The van der Waals surface area contributed by atoms with E-state index in [4.69, 9.17) is 17.0 Å². The minimum Gasteiger partial charge on any atom is -0.494 e. The fraction of sp³-hybridized carbons (Fsp3) is 0.267. The first kappa shape index (κ1) is 26.4. The molecule has 2 atom stereocenters. The minimum absolute atomic E-state index is 0.0904. The lowest BCUT2D eigenvalue weighted by atomic mass is 9.95. The predicted octanol–water partition coefficient (Wildman–Crippen LogP) is 5.50. The van der Waals surface area contributed by atoms with Crippen LogP contribution in [0.15, 0.2) is 85.3 Å². The highest BCUT2D eigenvalue weighted by Gasteiger charge is 2.42. The van der Waals surface area contributed by atoms with E-state index in [9.17, 15) is 4.79 Å². The number of pyridine rings is 2. The molecule has 0 saturated carbocycles. The van der Waals surface area contributed by atoms with Crippen molar-refractivity contribution in [3.05, 3.63) is 102 Å². The average Bonchev–Trinajstić information content (AvgIpc) is 3.52. The largest absolute Gasteiger partial charge is 0.494 e. The Bertz CT molecular complexity index is 1470. The average molecular weight is 541 g/mol. The third-order valence-electron chi connectivity index (χ3n) is 6.72. The van der Waals surface area contributed by atoms with E-state index in [2.05, 4.69) is 42.3 Å². The third kappa shape index (κ3) is 5.49. The molecule has 1 aromatic carbocycles. The summed E-state index contributed by atoms with van der Waals surface area (Å²) in [6, 6.07) is 21.3. The van der Waals surface area contributed by atoms with Gasteiger partial charge in [-0.15, -0.1) is 0 Å². The fourth-order valence-electron chi connectivity index (χ4n) is 4.68. The lowest BCUT2D eigenvalue weighted by Gasteiger charge is -2.29. The van der Waals surface area contributed by atoms with Crippen LogP contribution in [0.3, 0.4) is 0 Å². The molecule has 0 aliphatic carbocycles. The standard InChI is InChI=1S/C30H32N6O2S/c1-30(2,3)28(37)33-22-14-13-21(18-25(22)38-4)36-27(26(34-29(36)39)23-11-6-8-16-32-23)24-12-9-17-35(24)19-20-10-5-7-15-31-20/h5-18,26-27H,19H2,1-4H3,(H,33,37)(H,34,39)/t26-,27+/m0/s1. The second kappa shape index (κ2) is 10.9. The molecule has 2 N–H and O–H groups in total. The molecular weight excluding hydrogens is 508 g/mol. The smallest absolute Gasteiger partial charge is 0.229 e. The Hall–Kier alpha value is -4.24. The zero-order chi connectivity index (χ0) is 27.6. The van der Waals surface area contributed by atoms with Gasteiger partial charge in [0, 0.05) is 41.5 Å². The van der Waals surface area contributed by atoms with Gasteiger partial charge < -0.3 is 24.8 Å². The molecule has 3 aromatic heterocycles. The predicted molar refractivity (Wildman–Crippen MR) is 157 cm³/mol. The number of anilines is 2. The molecule has 9 heteroatoms. The monoisotopic (exact) mass is 540 g/mol. The van der Waals surface area contributed by atoms with Gasteiger partial charge in [0.1, 0.15) is 11.8 Å². The normalized spacial score (nSPS) is 17.1. The van der Waals surface area contributed by atoms with E-state index in [0.717, 1.165) is 22.8 Å². The summed E-state index contributed by atoms with van der Waals surface area (Å²) >= 11 is 5.91. The molecule has 8 nitrogen and oxygen atoms in total. The molecule has 1 amide bonds. The maximum absolute atomic E-state index is 12.7. The van der Waals surface area contributed by atoms with Crippen LogP contribution in [0.25, 0.3) is 0 Å². The van der Waals surface area contributed by atoms with E-state index >= 15 is 0 Å². The fourth-order valence-corrected chi connectivity index (χ4v) is 5.03. The van der Waals surface area contributed by atoms with E-state index in [1.54, 1.807) is 19.5 Å². The van der Waals surface area contributed by atoms with Gasteiger partial charge in [0.15, 0.2) is 5.11 Å². The summed E-state index contributed by atoms with van der Waals surface area (Å²) in [6.07, 6.45) is 5.66. The van der Waals surface area contributed by atoms with Crippen LogP contribution in [0.1, 0.15) is 49.9 Å². The van der Waals surface area contributed by atoms with Crippen molar-refractivity contribution in [1.29, 1.82) is 0 Å². The Morgan fingerprint density at radius 1 is 1.05 bits per heavy atom. The molecule has 39 heavy (non-hydrogen) atoms. The first-order valence-corrected chi connectivity index (χ1v) is 13.2. The van der Waals surface area contributed by atoms with E-state index in [0.29, 0.717) is 23.1 Å². The molecule has 4 heterocycles. The van der Waals surface area contributed by atoms with Gasteiger partial charge in [-0.1, -0.05) is 32.9 Å². The Morgan fingerprint density at radius 2 is 1.82 bits per heavy atom. The second-order valence-electron chi connectivity index (χ2n) is 10.5. The number of rotatable bonds is 7. The van der Waals surface area contributed by atoms with E-state index in [1.807, 2.05) is 81.4 Å². The van der Waals surface area contributed by atoms with Gasteiger partial charge in [0.25, 0.3) is 0 Å². The number of ether oxygens (including phenoxy) is 1. The number of carbonyl (C=O) groups is 1. The number of benzene rings is 1. The van der Waals surface area contributed by atoms with Crippen LogP contribution in [-0.4, -0.2) is 32.7 Å². The van der Waals surface area contributed by atoms with Gasteiger partial charge >= 0.3 is 0 Å². The summed E-state index contributed by atoms with van der Waals surface area (Å²) < 4.78 is 7.90. The Morgan fingerprint density at radius 3 is 2.49 bits per heavy atom. The van der Waals surface area contributed by atoms with Crippen molar-refractivity contribution in [1.82, 2.24) is 19.9 Å². The van der Waals surface area contributed by atoms with Crippen molar-refractivity contribution in [2.45, 2.75) is 39.4 Å². The molecule has 1 aliphatic heterocycles. The van der Waals surface area contributed by atoms with Crippen LogP contribution >= 0.6 is 12.2 Å². The van der Waals surface area contributed by atoms with Gasteiger partial charge in [-0.3, -0.25) is 14.8 Å². The molecule has 1 aliphatic rings. The van der Waals surface area contributed by atoms with Crippen LogP contribution in [0.2, 0.25) is 0 Å². The van der Waals surface area contributed by atoms with E-state index in [-0.39, 0.29) is 18.0 Å². The molecule has 4 aromatic rings. The highest BCUT2D eigenvalue weighted by atomic mass is 32.1. The lowest BCUT2D eigenvalue weighted by Crippen LogP contribution is -2.31. The topological polar surface area (TPSA) is 84.3 Å². The summed E-state index contributed by atoms with van der Waals surface area (Å²) in [7, 11) is 1.60. The van der Waals surface area contributed by atoms with Crippen LogP contribution in [-0.2, 0) is 11.3 Å². The number of hydrogen-bond donors (Lipinski definition) is 2. The van der Waals surface area contributed by atoms with E-state index in [1.165, 1.54) is 0 Å². The summed E-state index contributed by atoms with van der Waals surface area (Å²) in [5, 5.41) is 7.07. The van der Waals surface area contributed by atoms with Crippen molar-refractivity contribution in [2.24, 2.45) is 5.41 Å². The number of hydrogen-bond acceptors (Lipinski definition) is 5. The molecule has 200 valence electrons. The first-order valence-electron chi connectivity index (χ1n) is 12.8. The second-order valence-corrected chi connectivity index (χ2v) is 10.9. The summed E-state index contributed by atoms with van der Waals surface area (Å²) in [5.41, 5.74) is 3.82. The lowest BCUT2D eigenvalue weighted by molar-refractivity contribution is -0.123. The number of aromatic nitrogens is 3. The molecule has 5 rings (SSSR count). The van der Waals surface area contributed by atoms with Crippen molar-refractivity contribution in [3.8, 4) is 5.75 Å². The Labute approximate surface area is 234 Å². The highest BCUT2D eigenvalue weighted by Crippen LogP contribution is 2.43. The van der Waals surface area contributed by atoms with Gasteiger partial charge in [-0.2, -0.15) is 0 Å². The SMILES string of the molecule is COc1cc(N2C(=S)N[C@@H](c3ccccn3)[C@H]2c2cccn2Cc2ccccn2)ccc1NC(=O)C(C)(C)C. The number of thiocarbonyl (C=S) groups is 1. The minimum atomic E-state index is -0.538. The number of nitrogens with one attached hydrogen (secondary N) is 2. The molecule has 0 bridgehead atoms. The van der Waals surface area contributed by atoms with Gasteiger partial charge in [-0.25, -0.2) is 0 Å². The van der Waals surface area contributed by atoms with E-state index < -0.39 is 5.41 Å². The van der Waals surface area contributed by atoms with Gasteiger partial charge in [0.2, 0.25) is 5.91 Å². The zero-order valence-electron chi connectivity index (χ0n) is 22.5. The molecule has 1 fully saturated rings. The van der Waals surface area contributed by atoms with Crippen LogP contribution in [0.4, 0.5) is 11.4 Å². The number of carbonyl (C=O) groups excluding carboxylic acids is 1. The number of nitrogens with zero attached hydrogens (tertiary/aromatic N) is 4. The van der Waals surface area contributed by atoms with Crippen molar-refractivity contribution >= 4 is 34.6 Å².